The van der Waals surface area contributed by atoms with Gasteiger partial charge in [-0.2, -0.15) is 0 Å². The molecule has 0 radical (unpaired) electrons. The molecule has 1 N–H and O–H groups in total. The molecule has 0 saturated heterocycles. The quantitative estimate of drug-likeness (QED) is 0.754. The van der Waals surface area contributed by atoms with E-state index < -0.39 is 6.09 Å². The Morgan fingerprint density at radius 2 is 1.54 bits per heavy atom. The van der Waals surface area contributed by atoms with E-state index in [4.69, 9.17) is 5.11 Å². The summed E-state index contributed by atoms with van der Waals surface area (Å²) >= 11 is 0. The van der Waals surface area contributed by atoms with Crippen LogP contribution in [-0.4, -0.2) is 29.2 Å². The molecule has 0 saturated carbocycles. The first kappa shape index (κ1) is 15.3. The molecule has 0 rings (SSSR count). The molecule has 78 valence electrons. The largest absolute Gasteiger partial charge is 0.465 e. The normalized spacial score (nSPS) is 9.08. The molecule has 0 aliphatic carbocycles. The Kier molecular flexibility index (Phi) is 11.6. The molecule has 0 fully saturated rings. The Labute approximate surface area is 91.2 Å². The summed E-state index contributed by atoms with van der Waals surface area (Å²) < 4.78 is 0. The van der Waals surface area contributed by atoms with E-state index in [1.807, 2.05) is 0 Å². The van der Waals surface area contributed by atoms with Gasteiger partial charge in [0.05, 0.1) is 0 Å². The molecule has 0 aromatic heterocycles. The molecule has 0 bridgehead atoms. The smallest absolute Gasteiger partial charge is 0.407 e. The molecule has 3 nitrogen and oxygen atoms in total. The van der Waals surface area contributed by atoms with Crippen LogP contribution in [0.3, 0.4) is 0 Å². The summed E-state index contributed by atoms with van der Waals surface area (Å²) in [5.41, 5.74) is 0. The Morgan fingerprint density at radius 1 is 1.15 bits per heavy atom. The Hall–Kier alpha value is -0.198. The zero-order valence-corrected chi connectivity index (χ0v) is 9.73. The summed E-state index contributed by atoms with van der Waals surface area (Å²) in [6.45, 7) is 5.51. The molecule has 0 spiro atoms. The standard InChI is InChI=1S/C9H19NO2.Cr/c1-3-5-7-10(9(11)12)8-6-4-2;/h3-8H2,1-2H3,(H,11,12);. The number of carbonyl (C=O) groups is 1. The van der Waals surface area contributed by atoms with E-state index in [-0.39, 0.29) is 17.4 Å². The van der Waals surface area contributed by atoms with Crippen LogP contribution in [0, 0.1) is 0 Å². The zero-order chi connectivity index (χ0) is 9.40. The second-order valence-electron chi connectivity index (χ2n) is 2.98. The minimum atomic E-state index is -0.781. The van der Waals surface area contributed by atoms with E-state index in [1.54, 1.807) is 0 Å². The van der Waals surface area contributed by atoms with Gasteiger partial charge in [0.25, 0.3) is 0 Å². The van der Waals surface area contributed by atoms with Gasteiger partial charge in [-0.25, -0.2) is 4.79 Å². The van der Waals surface area contributed by atoms with Gasteiger partial charge in [0.2, 0.25) is 0 Å². The zero-order valence-electron chi connectivity index (χ0n) is 8.45. The van der Waals surface area contributed by atoms with Crippen molar-refractivity contribution in [1.29, 1.82) is 0 Å². The second-order valence-corrected chi connectivity index (χ2v) is 2.98. The average Bonchev–Trinajstić information content (AvgIpc) is 2.04. The minimum absolute atomic E-state index is 0. The maximum atomic E-state index is 10.6. The molecule has 13 heavy (non-hydrogen) atoms. The second kappa shape index (κ2) is 9.89. The number of unbranched alkanes of at least 4 members (excludes halogenated alkanes) is 2. The van der Waals surface area contributed by atoms with Crippen molar-refractivity contribution in [3.05, 3.63) is 0 Å². The van der Waals surface area contributed by atoms with Gasteiger partial charge in [0.15, 0.2) is 0 Å². The number of rotatable bonds is 6. The van der Waals surface area contributed by atoms with Crippen LogP contribution >= 0.6 is 0 Å². The molecule has 0 aliphatic heterocycles. The Balaban J connectivity index is 0. The minimum Gasteiger partial charge on any atom is -0.465 e. The Morgan fingerprint density at radius 3 is 1.77 bits per heavy atom. The third-order valence-electron chi connectivity index (χ3n) is 1.83. The van der Waals surface area contributed by atoms with E-state index in [9.17, 15) is 4.79 Å². The van der Waals surface area contributed by atoms with Gasteiger partial charge in [-0.3, -0.25) is 0 Å². The van der Waals surface area contributed by atoms with E-state index in [1.165, 1.54) is 4.90 Å². The molecular weight excluding hydrogens is 206 g/mol. The monoisotopic (exact) mass is 225 g/mol. The van der Waals surface area contributed by atoms with Crippen molar-refractivity contribution >= 4 is 6.09 Å². The van der Waals surface area contributed by atoms with Gasteiger partial charge in [0.1, 0.15) is 0 Å². The summed E-state index contributed by atoms with van der Waals surface area (Å²) in [4.78, 5) is 12.1. The van der Waals surface area contributed by atoms with Crippen LogP contribution in [0.15, 0.2) is 0 Å². The molecule has 0 aromatic rings. The van der Waals surface area contributed by atoms with Gasteiger partial charge in [0, 0.05) is 30.5 Å². The Bertz CT molecular complexity index is 123. The summed E-state index contributed by atoms with van der Waals surface area (Å²) in [6, 6.07) is 0. The maximum absolute atomic E-state index is 10.6. The van der Waals surface area contributed by atoms with Gasteiger partial charge in [-0.05, 0) is 12.8 Å². The van der Waals surface area contributed by atoms with Crippen molar-refractivity contribution in [1.82, 2.24) is 4.90 Å². The third kappa shape index (κ3) is 8.14. The third-order valence-corrected chi connectivity index (χ3v) is 1.83. The molecule has 0 atom stereocenters. The SMILES string of the molecule is CCCCN(CCCC)C(=O)O.[Cr]. The van der Waals surface area contributed by atoms with E-state index in [0.29, 0.717) is 13.1 Å². The predicted octanol–water partition coefficient (Wildman–Crippen LogP) is 2.56. The topological polar surface area (TPSA) is 40.5 Å². The first-order valence-corrected chi connectivity index (χ1v) is 4.70. The number of amides is 1. The van der Waals surface area contributed by atoms with Gasteiger partial charge >= 0.3 is 6.09 Å². The first-order valence-electron chi connectivity index (χ1n) is 4.70. The number of nitrogens with zero attached hydrogens (tertiary/aromatic N) is 1. The molecule has 0 aromatic carbocycles. The predicted molar refractivity (Wildman–Crippen MR) is 49.4 cm³/mol. The van der Waals surface area contributed by atoms with E-state index in [2.05, 4.69) is 13.8 Å². The first-order chi connectivity index (χ1) is 5.72. The number of carboxylic acid groups (broad SMARTS) is 1. The van der Waals surface area contributed by atoms with Crippen molar-refractivity contribution in [3.63, 3.8) is 0 Å². The van der Waals surface area contributed by atoms with Crippen LogP contribution in [0.4, 0.5) is 4.79 Å². The molecule has 0 heterocycles. The fraction of sp³-hybridized carbons (Fsp3) is 0.889. The van der Waals surface area contributed by atoms with Gasteiger partial charge in [-0.15, -0.1) is 0 Å². The van der Waals surface area contributed by atoms with Crippen LogP contribution in [0.25, 0.3) is 0 Å². The van der Waals surface area contributed by atoms with E-state index >= 15 is 0 Å². The van der Waals surface area contributed by atoms with Crippen LogP contribution in [0.1, 0.15) is 39.5 Å². The molecule has 1 amide bonds. The summed E-state index contributed by atoms with van der Waals surface area (Å²) in [5.74, 6) is 0. The average molecular weight is 225 g/mol. The van der Waals surface area contributed by atoms with Crippen molar-refractivity contribution in [2.24, 2.45) is 0 Å². The fourth-order valence-electron chi connectivity index (χ4n) is 1.00. The van der Waals surface area contributed by atoms with Crippen molar-refractivity contribution in [2.45, 2.75) is 39.5 Å². The van der Waals surface area contributed by atoms with Gasteiger partial charge in [-0.1, -0.05) is 26.7 Å². The number of hydrogen-bond acceptors (Lipinski definition) is 1. The van der Waals surface area contributed by atoms with Crippen LogP contribution < -0.4 is 0 Å². The van der Waals surface area contributed by atoms with Gasteiger partial charge < -0.3 is 10.0 Å². The maximum Gasteiger partial charge on any atom is 0.407 e. The van der Waals surface area contributed by atoms with Crippen molar-refractivity contribution in [3.8, 4) is 0 Å². The summed E-state index contributed by atoms with van der Waals surface area (Å²) in [7, 11) is 0. The van der Waals surface area contributed by atoms with E-state index in [0.717, 1.165) is 25.7 Å². The summed E-state index contributed by atoms with van der Waals surface area (Å²) in [5, 5.41) is 8.75. The number of hydrogen-bond donors (Lipinski definition) is 1. The summed E-state index contributed by atoms with van der Waals surface area (Å²) in [6.07, 6.45) is 3.26. The molecule has 4 heteroatoms. The molecular formula is C9H19CrNO2. The molecule has 0 unspecified atom stereocenters. The van der Waals surface area contributed by atoms with Crippen molar-refractivity contribution in [2.75, 3.05) is 13.1 Å². The fourth-order valence-corrected chi connectivity index (χ4v) is 1.00. The van der Waals surface area contributed by atoms with Crippen LogP contribution in [0.2, 0.25) is 0 Å². The van der Waals surface area contributed by atoms with Crippen molar-refractivity contribution < 1.29 is 27.3 Å². The van der Waals surface area contributed by atoms with Crippen LogP contribution in [0.5, 0.6) is 0 Å². The van der Waals surface area contributed by atoms with Crippen LogP contribution in [-0.2, 0) is 17.4 Å². The molecule has 0 aliphatic rings.